The van der Waals surface area contributed by atoms with Gasteiger partial charge in [-0.15, -0.1) is 11.3 Å². The van der Waals surface area contributed by atoms with Crippen molar-refractivity contribution >= 4 is 21.4 Å². The van der Waals surface area contributed by atoms with Crippen molar-refractivity contribution in [1.29, 1.82) is 0 Å². The average Bonchev–Trinajstić information content (AvgIpc) is 2.82. The number of thiazole rings is 1. The summed E-state index contributed by atoms with van der Waals surface area (Å²) in [6.07, 6.45) is 1.29. The Balaban J connectivity index is 2.18. The summed E-state index contributed by atoms with van der Waals surface area (Å²) >= 11 is 1.15. The zero-order valence-electron chi connectivity index (χ0n) is 10.2. The number of hydrogen-bond acceptors (Lipinski definition) is 6. The van der Waals surface area contributed by atoms with Crippen LogP contribution in [0, 0.1) is 20.8 Å². The molecule has 6 nitrogen and oxygen atoms in total. The molecule has 0 aliphatic rings. The van der Waals surface area contributed by atoms with Crippen LogP contribution in [0.25, 0.3) is 0 Å². The number of rotatable bonds is 4. The van der Waals surface area contributed by atoms with Crippen molar-refractivity contribution < 1.29 is 12.8 Å². The van der Waals surface area contributed by atoms with Gasteiger partial charge in [0.05, 0.1) is 22.9 Å². The third kappa shape index (κ3) is 2.60. The Morgan fingerprint density at radius 1 is 1.33 bits per heavy atom. The van der Waals surface area contributed by atoms with Crippen molar-refractivity contribution in [3.63, 3.8) is 0 Å². The molecule has 18 heavy (non-hydrogen) atoms. The van der Waals surface area contributed by atoms with Gasteiger partial charge in [0, 0.05) is 0 Å². The van der Waals surface area contributed by atoms with Gasteiger partial charge in [-0.2, -0.15) is 0 Å². The number of nitrogens with one attached hydrogen (secondary N) is 1. The normalized spacial score (nSPS) is 11.9. The highest BCUT2D eigenvalue weighted by Gasteiger charge is 2.21. The van der Waals surface area contributed by atoms with Gasteiger partial charge in [-0.05, 0) is 20.8 Å². The molecule has 2 rings (SSSR count). The van der Waals surface area contributed by atoms with E-state index < -0.39 is 10.0 Å². The van der Waals surface area contributed by atoms with Crippen molar-refractivity contribution in [1.82, 2.24) is 14.7 Å². The second-order valence-corrected chi connectivity index (χ2v) is 6.96. The first-order valence-electron chi connectivity index (χ1n) is 5.23. The molecule has 0 bridgehead atoms. The van der Waals surface area contributed by atoms with Crippen molar-refractivity contribution in [2.75, 3.05) is 0 Å². The van der Waals surface area contributed by atoms with Gasteiger partial charge < -0.3 is 4.42 Å². The van der Waals surface area contributed by atoms with E-state index in [-0.39, 0.29) is 10.8 Å². The summed E-state index contributed by atoms with van der Waals surface area (Å²) in [5.41, 5.74) is 1.19. The Morgan fingerprint density at radius 3 is 2.56 bits per heavy atom. The van der Waals surface area contributed by atoms with Crippen LogP contribution >= 0.6 is 11.3 Å². The van der Waals surface area contributed by atoms with E-state index in [9.17, 15) is 8.42 Å². The molecule has 1 N–H and O–H groups in total. The van der Waals surface area contributed by atoms with E-state index in [4.69, 9.17) is 4.42 Å². The minimum absolute atomic E-state index is 0.0879. The highest BCUT2D eigenvalue weighted by Crippen LogP contribution is 2.22. The van der Waals surface area contributed by atoms with Crippen molar-refractivity contribution in [2.24, 2.45) is 0 Å². The van der Waals surface area contributed by atoms with E-state index in [2.05, 4.69) is 14.7 Å². The number of nitrogens with zero attached hydrogens (tertiary/aromatic N) is 2. The minimum atomic E-state index is -3.54. The fraction of sp³-hybridized carbons (Fsp3) is 0.400. The molecule has 2 aromatic rings. The maximum Gasteiger partial charge on any atom is 0.252 e. The van der Waals surface area contributed by atoms with Crippen LogP contribution in [0.5, 0.6) is 0 Å². The fourth-order valence-electron chi connectivity index (χ4n) is 1.48. The van der Waals surface area contributed by atoms with E-state index in [1.165, 1.54) is 6.39 Å². The van der Waals surface area contributed by atoms with Crippen LogP contribution in [0.4, 0.5) is 0 Å². The van der Waals surface area contributed by atoms with Crippen molar-refractivity contribution in [2.45, 2.75) is 31.5 Å². The summed E-state index contributed by atoms with van der Waals surface area (Å²) < 4.78 is 31.9. The van der Waals surface area contributed by atoms with Crippen LogP contribution in [-0.4, -0.2) is 18.4 Å². The molecule has 0 atom stereocenters. The number of aryl methyl sites for hydroxylation is 3. The minimum Gasteiger partial charge on any atom is -0.447 e. The monoisotopic (exact) mass is 287 g/mol. The molecule has 0 unspecified atom stereocenters. The number of hydrogen-bond donors (Lipinski definition) is 1. The SMILES string of the molecule is Cc1nc(C)c(S(=O)(=O)NCc2ocnc2C)s1. The summed E-state index contributed by atoms with van der Waals surface area (Å²) in [4.78, 5) is 8.00. The standard InChI is InChI=1S/C10H13N3O3S2/c1-6-9(16-5-11-6)4-12-18(14,15)10-7(2)13-8(3)17-10/h5,12H,4H2,1-3H3. The lowest BCUT2D eigenvalue weighted by atomic mass is 10.4. The number of oxazole rings is 1. The van der Waals surface area contributed by atoms with Crippen LogP contribution in [0.3, 0.4) is 0 Å². The molecule has 0 saturated heterocycles. The molecule has 0 saturated carbocycles. The Labute approximate surface area is 109 Å². The predicted molar refractivity (Wildman–Crippen MR) is 66.9 cm³/mol. The highest BCUT2D eigenvalue weighted by molar-refractivity contribution is 7.91. The quantitative estimate of drug-likeness (QED) is 0.921. The van der Waals surface area contributed by atoms with E-state index in [1.807, 2.05) is 0 Å². The van der Waals surface area contributed by atoms with Crippen LogP contribution in [-0.2, 0) is 16.6 Å². The lowest BCUT2D eigenvalue weighted by Gasteiger charge is -2.03. The van der Waals surface area contributed by atoms with Gasteiger partial charge in [-0.3, -0.25) is 0 Å². The zero-order chi connectivity index (χ0) is 13.3. The number of sulfonamides is 1. The van der Waals surface area contributed by atoms with E-state index >= 15 is 0 Å². The summed E-state index contributed by atoms with van der Waals surface area (Å²) in [6, 6.07) is 0. The van der Waals surface area contributed by atoms with E-state index in [1.54, 1.807) is 20.8 Å². The smallest absolute Gasteiger partial charge is 0.252 e. The van der Waals surface area contributed by atoms with Crippen LogP contribution in [0.1, 0.15) is 22.2 Å². The molecule has 0 aromatic carbocycles. The van der Waals surface area contributed by atoms with E-state index in [0.29, 0.717) is 17.1 Å². The summed E-state index contributed by atoms with van der Waals surface area (Å²) in [5.74, 6) is 0.512. The van der Waals surface area contributed by atoms with Gasteiger partial charge in [0.1, 0.15) is 5.76 Å². The van der Waals surface area contributed by atoms with Gasteiger partial charge in [0.15, 0.2) is 10.6 Å². The van der Waals surface area contributed by atoms with Crippen molar-refractivity contribution in [3.05, 3.63) is 28.5 Å². The largest absolute Gasteiger partial charge is 0.447 e. The molecule has 2 heterocycles. The first-order valence-corrected chi connectivity index (χ1v) is 7.53. The Bertz CT molecular complexity index is 658. The molecule has 98 valence electrons. The van der Waals surface area contributed by atoms with Crippen LogP contribution in [0.15, 0.2) is 15.0 Å². The highest BCUT2D eigenvalue weighted by atomic mass is 32.2. The second kappa shape index (κ2) is 4.79. The summed E-state index contributed by atoms with van der Waals surface area (Å²) in [7, 11) is -3.54. The molecule has 0 fully saturated rings. The maximum atomic E-state index is 12.1. The Kier molecular flexibility index (Phi) is 3.51. The molecular formula is C10H13N3O3S2. The molecule has 0 amide bonds. The summed E-state index contributed by atoms with van der Waals surface area (Å²) in [6.45, 7) is 5.30. The van der Waals surface area contributed by atoms with Crippen molar-refractivity contribution in [3.8, 4) is 0 Å². The van der Waals surface area contributed by atoms with Crippen LogP contribution in [0.2, 0.25) is 0 Å². The third-order valence-corrected chi connectivity index (χ3v) is 5.46. The van der Waals surface area contributed by atoms with Gasteiger partial charge in [0.25, 0.3) is 10.0 Å². The van der Waals surface area contributed by atoms with E-state index in [0.717, 1.165) is 16.3 Å². The lowest BCUT2D eigenvalue weighted by molar-refractivity contribution is 0.492. The van der Waals surface area contributed by atoms with Crippen LogP contribution < -0.4 is 4.72 Å². The topological polar surface area (TPSA) is 85.1 Å². The second-order valence-electron chi connectivity index (χ2n) is 3.79. The third-order valence-electron chi connectivity index (χ3n) is 2.37. The van der Waals surface area contributed by atoms with Gasteiger partial charge >= 0.3 is 0 Å². The van der Waals surface area contributed by atoms with Gasteiger partial charge in [-0.1, -0.05) is 0 Å². The maximum absolute atomic E-state index is 12.1. The predicted octanol–water partition coefficient (Wildman–Crippen LogP) is 1.53. The zero-order valence-corrected chi connectivity index (χ0v) is 11.9. The average molecular weight is 287 g/mol. The van der Waals surface area contributed by atoms with Gasteiger partial charge in [0.2, 0.25) is 0 Å². The first-order chi connectivity index (χ1) is 8.40. The Morgan fingerprint density at radius 2 is 2.06 bits per heavy atom. The summed E-state index contributed by atoms with van der Waals surface area (Å²) in [5, 5.41) is 0.726. The molecule has 0 radical (unpaired) electrons. The molecular weight excluding hydrogens is 274 g/mol. The molecule has 0 aliphatic carbocycles. The Hall–Kier alpha value is -1.25. The molecule has 0 aliphatic heterocycles. The molecule has 0 spiro atoms. The number of aromatic nitrogens is 2. The fourth-order valence-corrected chi connectivity index (χ4v) is 3.99. The van der Waals surface area contributed by atoms with Gasteiger partial charge in [-0.25, -0.2) is 23.1 Å². The lowest BCUT2D eigenvalue weighted by Crippen LogP contribution is -2.23. The molecule has 8 heteroatoms. The first kappa shape index (κ1) is 13.2. The molecule has 2 aromatic heterocycles.